The van der Waals surface area contributed by atoms with E-state index in [0.717, 1.165) is 4.90 Å². The molecule has 0 aromatic rings. The van der Waals surface area contributed by atoms with E-state index in [-0.39, 0.29) is 58.9 Å². The minimum Gasteiger partial charge on any atom is -0.549 e. The highest BCUT2D eigenvalue weighted by Gasteiger charge is 2.36. The number of hydrogen-bond donors (Lipinski definition) is 4. The van der Waals surface area contributed by atoms with Crippen LogP contribution in [0, 0.1) is 0 Å². The molecule has 17 heteroatoms. The fourth-order valence-electron chi connectivity index (χ4n) is 4.43. The van der Waals surface area contributed by atoms with Gasteiger partial charge in [0.1, 0.15) is 0 Å². The number of aliphatic hydroxyl groups is 4. The highest BCUT2D eigenvalue weighted by Crippen LogP contribution is 2.15. The zero-order chi connectivity index (χ0) is 30.3. The summed E-state index contributed by atoms with van der Waals surface area (Å²) in [4.78, 5) is 52.3. The second-order valence-corrected chi connectivity index (χ2v) is 9.85. The normalized spacial score (nSPS) is 18.6. The Kier molecular flexibility index (Phi) is 16.0. The van der Waals surface area contributed by atoms with Crippen molar-refractivity contribution in [3.05, 3.63) is 0 Å². The number of carbonyl (C=O) groups excluding carboxylic acids is 4. The molecule has 1 saturated heterocycles. The van der Waals surface area contributed by atoms with Gasteiger partial charge in [-0.2, -0.15) is 0 Å². The van der Waals surface area contributed by atoms with E-state index < -0.39 is 88.1 Å². The van der Waals surface area contributed by atoms with Gasteiger partial charge in [-0.25, -0.2) is 0 Å². The van der Waals surface area contributed by atoms with Gasteiger partial charge in [0.2, 0.25) is 0 Å². The van der Waals surface area contributed by atoms with Crippen LogP contribution in [0.4, 0.5) is 0 Å². The molecule has 1 aliphatic rings. The molecule has 0 amide bonds. The molecule has 0 radical (unpaired) electrons. The van der Waals surface area contributed by atoms with Crippen LogP contribution in [0.1, 0.15) is 0 Å². The van der Waals surface area contributed by atoms with Gasteiger partial charge in [-0.3, -0.25) is 24.5 Å². The molecule has 232 valence electrons. The van der Waals surface area contributed by atoms with Gasteiger partial charge in [0.25, 0.3) is 0 Å². The van der Waals surface area contributed by atoms with E-state index in [4.69, 9.17) is 0 Å². The Bertz CT molecular complexity index is 775. The minimum absolute atomic E-state index is 0.100. The molecule has 0 spiro atoms. The molecule has 1 unspecified atom stereocenters. The summed E-state index contributed by atoms with van der Waals surface area (Å²) in [5.41, 5.74) is -1.75. The van der Waals surface area contributed by atoms with Gasteiger partial charge in [0.05, 0.1) is 55.3 Å². The second-order valence-electron chi connectivity index (χ2n) is 9.85. The van der Waals surface area contributed by atoms with E-state index in [1.165, 1.54) is 14.7 Å². The maximum Gasteiger partial charge on any atom is 0.0910 e. The minimum atomic E-state index is -1.75. The number of carboxylic acids is 4. The third kappa shape index (κ3) is 13.2. The molecule has 0 saturated carbocycles. The fourth-order valence-corrected chi connectivity index (χ4v) is 4.43. The van der Waals surface area contributed by atoms with Crippen LogP contribution < -0.4 is 20.4 Å². The Morgan fingerprint density at radius 2 is 0.950 bits per heavy atom. The lowest BCUT2D eigenvalue weighted by Gasteiger charge is -2.42. The number of β-amino-alcohol motifs (C(OH)–C–C–N with tert-alkyl or cyclic N) is 1. The van der Waals surface area contributed by atoms with E-state index in [1.807, 2.05) is 0 Å². The van der Waals surface area contributed by atoms with Gasteiger partial charge < -0.3 is 60.0 Å². The summed E-state index contributed by atoms with van der Waals surface area (Å²) in [5, 5.41) is 85.0. The van der Waals surface area contributed by atoms with E-state index in [2.05, 4.69) is 0 Å². The summed E-state index contributed by atoms with van der Waals surface area (Å²) in [5.74, 6) is -5.61. The lowest BCUT2D eigenvalue weighted by Crippen LogP contribution is -2.62. The molecular formula is C23H39N5O12-4. The first-order chi connectivity index (χ1) is 18.8. The molecule has 0 aromatic heterocycles. The van der Waals surface area contributed by atoms with E-state index in [1.54, 1.807) is 4.90 Å². The van der Waals surface area contributed by atoms with Crippen LogP contribution in [0.2, 0.25) is 0 Å². The predicted octanol–water partition coefficient (Wildman–Crippen LogP) is -10.4. The molecular weight excluding hydrogens is 538 g/mol. The monoisotopic (exact) mass is 577 g/mol. The average Bonchev–Trinajstić information content (AvgIpc) is 2.85. The predicted molar refractivity (Wildman–Crippen MR) is 127 cm³/mol. The average molecular weight is 578 g/mol. The standard InChI is InChI=1S/C23H43N5O12/c29-15-23(16-30,17-31)28(14-22(39)40)10-18(32)9-24-1-3-25(11-19(33)34)5-7-27(13-21(37)38)8-6-26(4-2-24)12-20(35)36/h18,29-32H,1-17H2,(H,33,34)(H,35,36)(H,37,38)(H,39,40)/p-4. The molecule has 1 fully saturated rings. The smallest absolute Gasteiger partial charge is 0.0910 e. The van der Waals surface area contributed by atoms with E-state index in [9.17, 15) is 60.0 Å². The molecule has 0 aromatic carbocycles. The summed E-state index contributed by atoms with van der Waals surface area (Å²) in [6, 6.07) is 0. The van der Waals surface area contributed by atoms with Gasteiger partial charge in [0.15, 0.2) is 0 Å². The molecule has 1 aliphatic heterocycles. The Balaban J connectivity index is 3.11. The van der Waals surface area contributed by atoms with Crippen molar-refractivity contribution in [3.63, 3.8) is 0 Å². The Hall–Kier alpha value is -2.48. The van der Waals surface area contributed by atoms with Crippen LogP contribution >= 0.6 is 0 Å². The number of rotatable bonds is 16. The molecule has 0 aliphatic carbocycles. The van der Waals surface area contributed by atoms with Crippen LogP contribution in [0.5, 0.6) is 0 Å². The first-order valence-corrected chi connectivity index (χ1v) is 12.8. The van der Waals surface area contributed by atoms with Crippen LogP contribution in [0.25, 0.3) is 0 Å². The number of carboxylic acid groups (broad SMARTS) is 4. The maximum absolute atomic E-state index is 11.3. The van der Waals surface area contributed by atoms with Crippen molar-refractivity contribution < 1.29 is 60.0 Å². The third-order valence-electron chi connectivity index (χ3n) is 6.76. The number of nitrogens with zero attached hydrogens (tertiary/aromatic N) is 5. The second kappa shape index (κ2) is 18.1. The third-order valence-corrected chi connectivity index (χ3v) is 6.76. The summed E-state index contributed by atoms with van der Waals surface area (Å²) in [6.07, 6.45) is -1.28. The van der Waals surface area contributed by atoms with E-state index >= 15 is 0 Å². The van der Waals surface area contributed by atoms with Crippen molar-refractivity contribution in [2.75, 3.05) is 111 Å². The van der Waals surface area contributed by atoms with Gasteiger partial charge in [-0.15, -0.1) is 0 Å². The largest absolute Gasteiger partial charge is 0.549 e. The lowest BCUT2D eigenvalue weighted by atomic mass is 9.99. The van der Waals surface area contributed by atoms with E-state index in [0.29, 0.717) is 0 Å². The van der Waals surface area contributed by atoms with Gasteiger partial charge in [-0.05, 0) is 0 Å². The molecule has 1 rings (SSSR count). The van der Waals surface area contributed by atoms with Crippen molar-refractivity contribution in [2.45, 2.75) is 11.6 Å². The number of aliphatic hydroxyl groups excluding tert-OH is 4. The number of carbonyl (C=O) groups is 4. The quantitative estimate of drug-likeness (QED) is 0.133. The van der Waals surface area contributed by atoms with Gasteiger partial charge in [0, 0.05) is 91.6 Å². The van der Waals surface area contributed by atoms with Crippen molar-refractivity contribution in [3.8, 4) is 0 Å². The molecule has 1 atom stereocenters. The first-order valence-electron chi connectivity index (χ1n) is 12.8. The van der Waals surface area contributed by atoms with Crippen LogP contribution in [0.15, 0.2) is 0 Å². The zero-order valence-corrected chi connectivity index (χ0v) is 22.4. The number of aliphatic carboxylic acids is 4. The summed E-state index contributed by atoms with van der Waals surface area (Å²) in [7, 11) is 0. The zero-order valence-electron chi connectivity index (χ0n) is 22.4. The topological polar surface area (TPSA) is 258 Å². The summed E-state index contributed by atoms with van der Waals surface area (Å²) < 4.78 is 0. The van der Waals surface area contributed by atoms with Crippen LogP contribution in [0.3, 0.4) is 0 Å². The SMILES string of the molecule is O=C([O-])CN1CCN(CC(=O)[O-])CCN(CC(O)CN(CC(=O)[O-])C(CO)(CO)CO)CCN(CC(=O)[O-])CC1. The fraction of sp³-hybridized carbons (Fsp3) is 0.826. The highest BCUT2D eigenvalue weighted by atomic mass is 16.4. The maximum atomic E-state index is 11.3. The van der Waals surface area contributed by atoms with Crippen molar-refractivity contribution >= 4 is 23.9 Å². The van der Waals surface area contributed by atoms with Crippen molar-refractivity contribution in [2.24, 2.45) is 0 Å². The Morgan fingerprint density at radius 1 is 0.625 bits per heavy atom. The summed E-state index contributed by atoms with van der Waals surface area (Å²) >= 11 is 0. The lowest BCUT2D eigenvalue weighted by molar-refractivity contribution is -0.309. The molecule has 1 heterocycles. The van der Waals surface area contributed by atoms with Crippen LogP contribution in [-0.4, -0.2) is 192 Å². The molecule has 4 N–H and O–H groups in total. The Labute approximate surface area is 232 Å². The van der Waals surface area contributed by atoms with Crippen LogP contribution in [-0.2, 0) is 19.2 Å². The highest BCUT2D eigenvalue weighted by molar-refractivity contribution is 5.67. The molecule has 17 nitrogen and oxygen atoms in total. The van der Waals surface area contributed by atoms with Crippen molar-refractivity contribution in [1.82, 2.24) is 24.5 Å². The molecule has 0 bridgehead atoms. The van der Waals surface area contributed by atoms with Gasteiger partial charge in [-0.1, -0.05) is 0 Å². The molecule has 40 heavy (non-hydrogen) atoms. The van der Waals surface area contributed by atoms with Crippen molar-refractivity contribution in [1.29, 1.82) is 0 Å². The summed E-state index contributed by atoms with van der Waals surface area (Å²) in [6.45, 7) is -3.83. The Morgan fingerprint density at radius 3 is 1.23 bits per heavy atom. The number of hydrogen-bond acceptors (Lipinski definition) is 17. The van der Waals surface area contributed by atoms with Gasteiger partial charge >= 0.3 is 0 Å². The first kappa shape index (κ1) is 35.5.